The summed E-state index contributed by atoms with van der Waals surface area (Å²) in [7, 11) is 0. The number of ether oxygens (including phenoxy) is 4. The fourth-order valence-corrected chi connectivity index (χ4v) is 6.25. The molecule has 4 heterocycles. The number of nitrogen functional groups attached to an aromatic ring is 1. The monoisotopic (exact) mass is 571 g/mol. The Morgan fingerprint density at radius 3 is 2.48 bits per heavy atom. The van der Waals surface area contributed by atoms with Gasteiger partial charge < -0.3 is 35.3 Å². The first-order valence-corrected chi connectivity index (χ1v) is 14.1. The Kier molecular flexibility index (Phi) is 6.77. The summed E-state index contributed by atoms with van der Waals surface area (Å²) in [5.41, 5.74) is 11.8. The fraction of sp³-hybridized carbons (Fsp3) is 0.400. The van der Waals surface area contributed by atoms with Crippen molar-refractivity contribution in [1.29, 1.82) is 0 Å². The van der Waals surface area contributed by atoms with Gasteiger partial charge in [-0.15, -0.1) is 0 Å². The molecule has 2 aromatic carbocycles. The van der Waals surface area contributed by atoms with Gasteiger partial charge in [0.25, 0.3) is 0 Å². The van der Waals surface area contributed by atoms with E-state index in [0.717, 1.165) is 0 Å². The summed E-state index contributed by atoms with van der Waals surface area (Å²) in [4.78, 5) is 25.3. The molecule has 0 saturated carbocycles. The van der Waals surface area contributed by atoms with E-state index >= 15 is 0 Å². The summed E-state index contributed by atoms with van der Waals surface area (Å²) in [6.07, 6.45) is 1.14. The molecule has 1 aliphatic carbocycles. The predicted octanol–water partition coefficient (Wildman–Crippen LogP) is 2.95. The summed E-state index contributed by atoms with van der Waals surface area (Å²) < 4.78 is 26.3. The number of nitrogens with two attached hydrogens (primary N) is 1. The van der Waals surface area contributed by atoms with E-state index in [1.807, 2.05) is 42.7 Å². The standard InChI is InChI=1S/C30H33N7O5/c1-30(2)41-24-22(40-28(25(24)42-30)37-16-36-23-26(31)34-15-35-27(23)37)13-32-11-12-33-29(38)39-14-21-19-9-5-3-7-17(19)18-8-4-6-10-20(18)21/h3-10,15-16,21-22,24-25,28,32H,11-14H2,1-2H3,(H,33,38)(H2,31,34,35)/t22-,24-,25-,28?/m1/s1. The van der Waals surface area contributed by atoms with Crippen molar-refractivity contribution in [1.82, 2.24) is 30.2 Å². The molecule has 1 amide bonds. The van der Waals surface area contributed by atoms with Gasteiger partial charge in [-0.05, 0) is 36.1 Å². The van der Waals surface area contributed by atoms with E-state index < -0.39 is 18.1 Å². The summed E-state index contributed by atoms with van der Waals surface area (Å²) >= 11 is 0. The molecule has 0 spiro atoms. The van der Waals surface area contributed by atoms with Crippen LogP contribution in [0.2, 0.25) is 0 Å². The number of rotatable bonds is 8. The lowest BCUT2D eigenvalue weighted by atomic mass is 9.98. The molecule has 2 saturated heterocycles. The number of fused-ring (bicyclic) bond motifs is 5. The molecule has 3 aliphatic rings. The van der Waals surface area contributed by atoms with Crippen LogP contribution in [0.3, 0.4) is 0 Å². The molecular weight excluding hydrogens is 538 g/mol. The molecule has 4 atom stereocenters. The minimum atomic E-state index is -0.758. The van der Waals surface area contributed by atoms with Crippen LogP contribution in [0.1, 0.15) is 37.1 Å². The number of carbonyl (C=O) groups is 1. The zero-order chi connectivity index (χ0) is 28.8. The summed E-state index contributed by atoms with van der Waals surface area (Å²) in [5, 5.41) is 6.19. The van der Waals surface area contributed by atoms with E-state index in [2.05, 4.69) is 49.9 Å². The first-order chi connectivity index (χ1) is 20.4. The highest BCUT2D eigenvalue weighted by atomic mass is 16.8. The predicted molar refractivity (Wildman–Crippen MR) is 153 cm³/mol. The third kappa shape index (κ3) is 4.75. The molecule has 12 nitrogen and oxygen atoms in total. The molecule has 42 heavy (non-hydrogen) atoms. The normalized spacial score (nSPS) is 24.0. The number of carbonyl (C=O) groups excluding carboxylic acids is 1. The number of alkyl carbamates (subject to hydrolysis) is 1. The highest BCUT2D eigenvalue weighted by Gasteiger charge is 2.56. The van der Waals surface area contributed by atoms with Crippen LogP contribution in [0.4, 0.5) is 10.6 Å². The third-order valence-corrected chi connectivity index (χ3v) is 8.05. The maximum Gasteiger partial charge on any atom is 0.407 e. The summed E-state index contributed by atoms with van der Waals surface area (Å²) in [6.45, 7) is 5.46. The van der Waals surface area contributed by atoms with Gasteiger partial charge in [-0.25, -0.2) is 19.7 Å². The second kappa shape index (κ2) is 10.6. The van der Waals surface area contributed by atoms with E-state index in [0.29, 0.717) is 36.6 Å². The number of imidazole rings is 1. The van der Waals surface area contributed by atoms with Gasteiger partial charge in [0.15, 0.2) is 23.5 Å². The van der Waals surface area contributed by atoms with Crippen LogP contribution in [-0.2, 0) is 18.9 Å². The lowest BCUT2D eigenvalue weighted by Gasteiger charge is -2.25. The van der Waals surface area contributed by atoms with Gasteiger partial charge in [-0.2, -0.15) is 0 Å². The highest BCUT2D eigenvalue weighted by Crippen LogP contribution is 2.45. The van der Waals surface area contributed by atoms with Crippen molar-refractivity contribution in [2.75, 3.05) is 32.0 Å². The largest absolute Gasteiger partial charge is 0.449 e. The van der Waals surface area contributed by atoms with Crippen molar-refractivity contribution in [3.8, 4) is 11.1 Å². The molecule has 2 aromatic heterocycles. The molecule has 2 fully saturated rings. The van der Waals surface area contributed by atoms with Crippen molar-refractivity contribution in [2.24, 2.45) is 0 Å². The quantitative estimate of drug-likeness (QED) is 0.270. The van der Waals surface area contributed by atoms with E-state index in [1.165, 1.54) is 28.6 Å². The smallest absolute Gasteiger partial charge is 0.407 e. The molecule has 4 N–H and O–H groups in total. The number of aromatic nitrogens is 4. The van der Waals surface area contributed by atoms with Crippen LogP contribution < -0.4 is 16.4 Å². The molecule has 2 aliphatic heterocycles. The Morgan fingerprint density at radius 1 is 1.00 bits per heavy atom. The van der Waals surface area contributed by atoms with E-state index in [-0.39, 0.29) is 30.8 Å². The molecule has 218 valence electrons. The van der Waals surface area contributed by atoms with Gasteiger partial charge in [-0.1, -0.05) is 48.5 Å². The zero-order valence-electron chi connectivity index (χ0n) is 23.4. The van der Waals surface area contributed by atoms with Crippen LogP contribution in [-0.4, -0.2) is 76.0 Å². The van der Waals surface area contributed by atoms with Crippen molar-refractivity contribution in [3.63, 3.8) is 0 Å². The van der Waals surface area contributed by atoms with Crippen LogP contribution in [0.15, 0.2) is 61.2 Å². The van der Waals surface area contributed by atoms with E-state index in [9.17, 15) is 4.79 Å². The average molecular weight is 572 g/mol. The second-order valence-electron chi connectivity index (χ2n) is 11.2. The van der Waals surface area contributed by atoms with Gasteiger partial charge in [-0.3, -0.25) is 4.57 Å². The topological polar surface area (TPSA) is 148 Å². The maximum absolute atomic E-state index is 12.5. The Morgan fingerprint density at radius 2 is 1.71 bits per heavy atom. The lowest BCUT2D eigenvalue weighted by Crippen LogP contribution is -2.40. The van der Waals surface area contributed by atoms with E-state index in [4.69, 9.17) is 24.7 Å². The van der Waals surface area contributed by atoms with E-state index in [1.54, 1.807) is 6.33 Å². The molecule has 7 rings (SSSR count). The van der Waals surface area contributed by atoms with Crippen LogP contribution in [0.5, 0.6) is 0 Å². The zero-order valence-corrected chi connectivity index (χ0v) is 23.4. The molecule has 4 aromatic rings. The lowest BCUT2D eigenvalue weighted by molar-refractivity contribution is -0.195. The van der Waals surface area contributed by atoms with Gasteiger partial charge in [0.2, 0.25) is 0 Å². The molecule has 12 heteroatoms. The van der Waals surface area contributed by atoms with Crippen molar-refractivity contribution in [2.45, 2.75) is 50.1 Å². The Labute approximate surface area is 242 Å². The number of amides is 1. The number of hydrogen-bond acceptors (Lipinski definition) is 10. The van der Waals surface area contributed by atoms with Crippen LogP contribution in [0, 0.1) is 0 Å². The van der Waals surface area contributed by atoms with Crippen molar-refractivity contribution in [3.05, 3.63) is 72.3 Å². The van der Waals surface area contributed by atoms with Crippen molar-refractivity contribution >= 4 is 23.1 Å². The van der Waals surface area contributed by atoms with Gasteiger partial charge in [0.1, 0.15) is 36.8 Å². The number of benzene rings is 2. The minimum Gasteiger partial charge on any atom is -0.449 e. The molecular formula is C30H33N7O5. The first kappa shape index (κ1) is 26.8. The molecule has 0 radical (unpaired) electrons. The third-order valence-electron chi connectivity index (χ3n) is 8.05. The number of hydrogen-bond donors (Lipinski definition) is 3. The first-order valence-electron chi connectivity index (χ1n) is 14.1. The SMILES string of the molecule is CC1(C)O[C@@H]2[C@@H](CNCCNC(=O)OCC3c4ccccc4-c4ccccc43)OC(n3cnc4c(N)ncnc43)[C@@H]2O1. The number of anilines is 1. The van der Waals surface area contributed by atoms with Gasteiger partial charge in [0, 0.05) is 25.6 Å². The van der Waals surface area contributed by atoms with Crippen LogP contribution >= 0.6 is 0 Å². The Balaban J connectivity index is 0.918. The molecule has 0 bridgehead atoms. The Bertz CT molecular complexity index is 1580. The number of nitrogens with one attached hydrogen (secondary N) is 2. The maximum atomic E-state index is 12.5. The molecule has 1 unspecified atom stereocenters. The van der Waals surface area contributed by atoms with Gasteiger partial charge in [0.05, 0.1) is 6.33 Å². The fourth-order valence-electron chi connectivity index (χ4n) is 6.25. The summed E-state index contributed by atoms with van der Waals surface area (Å²) in [5.74, 6) is -0.430. The van der Waals surface area contributed by atoms with Crippen molar-refractivity contribution < 1.29 is 23.7 Å². The number of nitrogens with zero attached hydrogens (tertiary/aromatic N) is 4. The second-order valence-corrected chi connectivity index (χ2v) is 11.2. The highest BCUT2D eigenvalue weighted by molar-refractivity contribution is 5.81. The van der Waals surface area contributed by atoms with Crippen LogP contribution in [0.25, 0.3) is 22.3 Å². The Hall–Kier alpha value is -4.10. The van der Waals surface area contributed by atoms with Gasteiger partial charge >= 0.3 is 6.09 Å². The summed E-state index contributed by atoms with van der Waals surface area (Å²) in [6, 6.07) is 16.5. The minimum absolute atomic E-state index is 0.0232. The average Bonchev–Trinajstić information content (AvgIpc) is 3.72.